The molecule has 1 heterocycles. The zero-order chi connectivity index (χ0) is 15.6. The van der Waals surface area contributed by atoms with Gasteiger partial charge in [0.2, 0.25) is 0 Å². The number of nitrogens with zero attached hydrogens (tertiary/aromatic N) is 2. The molecule has 2 rings (SSSR count). The van der Waals surface area contributed by atoms with Crippen LogP contribution < -0.4 is 5.32 Å². The molecule has 0 spiro atoms. The molecule has 0 saturated heterocycles. The minimum absolute atomic E-state index is 0.131. The first-order valence-electron chi connectivity index (χ1n) is 6.81. The number of halogens is 3. The van der Waals surface area contributed by atoms with Crippen LogP contribution in [0, 0.1) is 0 Å². The van der Waals surface area contributed by atoms with Crippen molar-refractivity contribution >= 4 is 43.5 Å². The van der Waals surface area contributed by atoms with Gasteiger partial charge in [0.1, 0.15) is 0 Å². The molecule has 1 aromatic heterocycles. The van der Waals surface area contributed by atoms with Gasteiger partial charge in [-0.05, 0) is 57.0 Å². The van der Waals surface area contributed by atoms with Crippen LogP contribution >= 0.6 is 43.5 Å². The second kappa shape index (κ2) is 7.27. The lowest BCUT2D eigenvalue weighted by molar-refractivity contribution is 0.560. The first-order chi connectivity index (χ1) is 9.99. The normalized spacial score (nSPS) is 12.7. The Balaban J connectivity index is 2.36. The summed E-state index contributed by atoms with van der Waals surface area (Å²) in [6.07, 6.45) is 1.73. The van der Waals surface area contributed by atoms with Crippen molar-refractivity contribution < 1.29 is 0 Å². The third-order valence-corrected chi connectivity index (χ3v) is 5.83. The molecule has 0 aliphatic rings. The highest BCUT2D eigenvalue weighted by Crippen LogP contribution is 2.33. The number of nitrogens with one attached hydrogen (secondary N) is 1. The Morgan fingerprint density at radius 3 is 2.67 bits per heavy atom. The summed E-state index contributed by atoms with van der Waals surface area (Å²) in [5.41, 5.74) is 3.34. The molecule has 1 N–H and O–H groups in total. The molecule has 0 aliphatic carbocycles. The number of aryl methyl sites for hydroxylation is 2. The van der Waals surface area contributed by atoms with Gasteiger partial charge < -0.3 is 5.32 Å². The van der Waals surface area contributed by atoms with E-state index >= 15 is 0 Å². The predicted molar refractivity (Wildman–Crippen MR) is 94.9 cm³/mol. The smallest absolute Gasteiger partial charge is 0.0766 e. The third kappa shape index (κ3) is 3.52. The van der Waals surface area contributed by atoms with Crippen LogP contribution in [0.1, 0.15) is 29.9 Å². The monoisotopic (exact) mass is 433 g/mol. The van der Waals surface area contributed by atoms with E-state index < -0.39 is 0 Å². The van der Waals surface area contributed by atoms with Gasteiger partial charge >= 0.3 is 0 Å². The van der Waals surface area contributed by atoms with Crippen LogP contribution in [0.15, 0.2) is 27.1 Å². The molecule has 0 aliphatic heterocycles. The van der Waals surface area contributed by atoms with Crippen molar-refractivity contribution in [3.63, 3.8) is 0 Å². The highest BCUT2D eigenvalue weighted by atomic mass is 79.9. The average molecular weight is 436 g/mol. The molecular weight excluding hydrogens is 417 g/mol. The number of hydrogen-bond acceptors (Lipinski definition) is 2. The molecule has 114 valence electrons. The molecular formula is C15H18Br2ClN3. The average Bonchev–Trinajstić information content (AvgIpc) is 2.74. The third-order valence-electron chi connectivity index (χ3n) is 3.61. The van der Waals surface area contributed by atoms with Crippen molar-refractivity contribution in [2.75, 3.05) is 7.05 Å². The molecule has 0 bridgehead atoms. The summed E-state index contributed by atoms with van der Waals surface area (Å²) < 4.78 is 3.96. The lowest BCUT2D eigenvalue weighted by atomic mass is 10.0. The molecule has 0 radical (unpaired) electrons. The molecule has 21 heavy (non-hydrogen) atoms. The molecule has 2 aromatic rings. The molecule has 0 amide bonds. The number of rotatable bonds is 5. The van der Waals surface area contributed by atoms with Gasteiger partial charge in [0.25, 0.3) is 0 Å². The van der Waals surface area contributed by atoms with Gasteiger partial charge in [-0.3, -0.25) is 4.68 Å². The van der Waals surface area contributed by atoms with Gasteiger partial charge in [-0.2, -0.15) is 5.10 Å². The Kier molecular flexibility index (Phi) is 5.88. The van der Waals surface area contributed by atoms with Crippen molar-refractivity contribution in [3.8, 4) is 0 Å². The number of aromatic nitrogens is 2. The summed E-state index contributed by atoms with van der Waals surface area (Å²) in [4.78, 5) is 0. The van der Waals surface area contributed by atoms with E-state index in [-0.39, 0.29) is 6.04 Å². The van der Waals surface area contributed by atoms with Crippen LogP contribution in [0.4, 0.5) is 0 Å². The highest BCUT2D eigenvalue weighted by Gasteiger charge is 2.20. The van der Waals surface area contributed by atoms with Crippen LogP contribution in [0.5, 0.6) is 0 Å². The Morgan fingerprint density at radius 1 is 1.38 bits per heavy atom. The minimum atomic E-state index is 0.131. The summed E-state index contributed by atoms with van der Waals surface area (Å²) in [6, 6.07) is 6.14. The molecule has 1 atom stereocenters. The summed E-state index contributed by atoms with van der Waals surface area (Å²) in [5.74, 6) is 0. The molecule has 1 aromatic carbocycles. The van der Waals surface area contributed by atoms with Crippen LogP contribution in [-0.2, 0) is 19.9 Å². The summed E-state index contributed by atoms with van der Waals surface area (Å²) in [5, 5.41) is 8.65. The zero-order valence-electron chi connectivity index (χ0n) is 12.3. The van der Waals surface area contributed by atoms with E-state index in [1.165, 1.54) is 5.69 Å². The maximum atomic E-state index is 6.42. The largest absolute Gasteiger partial charge is 0.313 e. The standard InChI is InChI=1S/C15H18Br2ClN3/c1-4-11-14(17)13(21(3)20-11)8-12(19-2)9-6-5-7-10(16)15(9)18/h5-7,12,19H,4,8H2,1-3H3. The van der Waals surface area contributed by atoms with E-state index in [0.717, 1.165) is 38.1 Å². The molecule has 6 heteroatoms. The van der Waals surface area contributed by atoms with Gasteiger partial charge in [0.05, 0.1) is 20.9 Å². The van der Waals surface area contributed by atoms with Crippen molar-refractivity contribution in [2.24, 2.45) is 7.05 Å². The topological polar surface area (TPSA) is 29.9 Å². The Labute approximate surface area is 147 Å². The number of benzene rings is 1. The predicted octanol–water partition coefficient (Wildman–Crippen LogP) is 4.66. The van der Waals surface area contributed by atoms with Crippen molar-refractivity contribution in [2.45, 2.75) is 25.8 Å². The van der Waals surface area contributed by atoms with Crippen LogP contribution in [0.3, 0.4) is 0 Å². The SMILES string of the molecule is CCc1nn(C)c(CC(NC)c2cccc(Br)c2Cl)c1Br. The molecule has 0 saturated carbocycles. The van der Waals surface area contributed by atoms with Crippen LogP contribution in [0.2, 0.25) is 5.02 Å². The van der Waals surface area contributed by atoms with Crippen molar-refractivity contribution in [3.05, 3.63) is 49.1 Å². The Morgan fingerprint density at radius 2 is 2.10 bits per heavy atom. The Hall–Kier alpha value is -0.360. The second-order valence-corrected chi connectivity index (χ2v) is 6.90. The minimum Gasteiger partial charge on any atom is -0.313 e. The summed E-state index contributed by atoms with van der Waals surface area (Å²) >= 11 is 13.6. The fourth-order valence-electron chi connectivity index (χ4n) is 2.39. The molecule has 3 nitrogen and oxygen atoms in total. The van der Waals surface area contributed by atoms with E-state index in [1.807, 2.05) is 30.9 Å². The lowest BCUT2D eigenvalue weighted by Gasteiger charge is -2.19. The zero-order valence-corrected chi connectivity index (χ0v) is 16.2. The van der Waals surface area contributed by atoms with Crippen molar-refractivity contribution in [1.29, 1.82) is 0 Å². The molecule has 0 fully saturated rings. The van der Waals surface area contributed by atoms with Crippen molar-refractivity contribution in [1.82, 2.24) is 15.1 Å². The van der Waals surface area contributed by atoms with E-state index in [1.54, 1.807) is 0 Å². The number of hydrogen-bond donors (Lipinski definition) is 1. The van der Waals surface area contributed by atoms with E-state index in [9.17, 15) is 0 Å². The fraction of sp³-hybridized carbons (Fsp3) is 0.400. The van der Waals surface area contributed by atoms with Gasteiger partial charge in [-0.25, -0.2) is 0 Å². The van der Waals surface area contributed by atoms with Gasteiger partial charge in [-0.1, -0.05) is 30.7 Å². The number of likely N-dealkylation sites (N-methyl/N-ethyl adjacent to an activating group) is 1. The first kappa shape index (κ1) is 17.0. The highest BCUT2D eigenvalue weighted by molar-refractivity contribution is 9.10. The lowest BCUT2D eigenvalue weighted by Crippen LogP contribution is -2.20. The van der Waals surface area contributed by atoms with Gasteiger partial charge in [-0.15, -0.1) is 0 Å². The fourth-order valence-corrected chi connectivity index (χ4v) is 3.81. The van der Waals surface area contributed by atoms with E-state index in [4.69, 9.17) is 11.6 Å². The summed E-state index contributed by atoms with van der Waals surface area (Å²) in [6.45, 7) is 2.11. The van der Waals surface area contributed by atoms with Crippen LogP contribution in [-0.4, -0.2) is 16.8 Å². The maximum Gasteiger partial charge on any atom is 0.0766 e. The maximum absolute atomic E-state index is 6.42. The Bertz CT molecular complexity index is 640. The van der Waals surface area contributed by atoms with E-state index in [2.05, 4.69) is 55.3 Å². The van der Waals surface area contributed by atoms with Gasteiger partial charge in [0.15, 0.2) is 0 Å². The first-order valence-corrected chi connectivity index (χ1v) is 8.77. The van der Waals surface area contributed by atoms with Gasteiger partial charge in [0, 0.05) is 24.0 Å². The second-order valence-electron chi connectivity index (χ2n) is 4.87. The quantitative estimate of drug-likeness (QED) is 0.740. The molecule has 1 unspecified atom stereocenters. The van der Waals surface area contributed by atoms with Crippen LogP contribution in [0.25, 0.3) is 0 Å². The summed E-state index contributed by atoms with van der Waals surface area (Å²) in [7, 11) is 3.93. The van der Waals surface area contributed by atoms with E-state index in [0.29, 0.717) is 0 Å².